The van der Waals surface area contributed by atoms with Gasteiger partial charge in [-0.25, -0.2) is 0 Å². The van der Waals surface area contributed by atoms with Gasteiger partial charge < -0.3 is 14.2 Å². The molecule has 25 heavy (non-hydrogen) atoms. The molecule has 1 fully saturated rings. The van der Waals surface area contributed by atoms with Gasteiger partial charge in [0, 0.05) is 0 Å². The minimum Gasteiger partial charge on any atom is -0.381 e. The van der Waals surface area contributed by atoms with Crippen molar-refractivity contribution in [2.24, 2.45) is 0 Å². The van der Waals surface area contributed by atoms with Crippen LogP contribution in [-0.4, -0.2) is 16.7 Å². The highest BCUT2D eigenvalue weighted by Crippen LogP contribution is 2.64. The molecule has 1 N–H and O–H groups in total. The largest absolute Gasteiger partial charge is 0.381 e. The van der Waals surface area contributed by atoms with Crippen LogP contribution >= 0.6 is 7.34 Å². The molecule has 1 saturated carbocycles. The van der Waals surface area contributed by atoms with Crippen molar-refractivity contribution in [3.63, 3.8) is 0 Å². The van der Waals surface area contributed by atoms with Crippen molar-refractivity contribution in [2.75, 3.05) is 0 Å². The van der Waals surface area contributed by atoms with Gasteiger partial charge in [0.25, 0.3) is 0 Å². The summed E-state index contributed by atoms with van der Waals surface area (Å²) in [4.78, 5) is 0. The predicted octanol–water partition coefficient (Wildman–Crippen LogP) is 5.35. The van der Waals surface area contributed by atoms with Crippen molar-refractivity contribution in [3.8, 4) is 0 Å². The number of hydrogen-bond donors (Lipinski definition) is 1. The summed E-state index contributed by atoms with van der Waals surface area (Å²) < 4.78 is 12.4. The average Bonchev–Trinajstić information content (AvgIpc) is 2.67. The summed E-state index contributed by atoms with van der Waals surface area (Å²) in [5.74, 6) is 0. The molecule has 2 aromatic carbocycles. The molecule has 0 aliphatic heterocycles. The molecule has 0 aromatic heterocycles. The van der Waals surface area contributed by atoms with E-state index in [9.17, 15) is 5.11 Å². The Bertz CT molecular complexity index is 646. The Morgan fingerprint density at radius 1 is 0.800 bits per heavy atom. The lowest BCUT2D eigenvalue weighted by atomic mass is 9.97. The van der Waals surface area contributed by atoms with E-state index in [0.29, 0.717) is 26.1 Å². The fraction of sp³-hybridized carbons (Fsp3) is 0.381. The van der Waals surface area contributed by atoms with Crippen LogP contribution in [0.3, 0.4) is 0 Å². The molecular weight excluding hydrogens is 331 g/mol. The number of rotatable bonds is 7. The molecule has 3 rings (SSSR count). The molecule has 0 atom stereocenters. The van der Waals surface area contributed by atoms with E-state index in [1.165, 1.54) is 0 Å². The molecule has 0 amide bonds. The van der Waals surface area contributed by atoms with Crippen LogP contribution in [0.15, 0.2) is 60.7 Å². The summed E-state index contributed by atoms with van der Waals surface area (Å²) in [7, 11) is -2.68. The third-order valence-electron chi connectivity index (χ3n) is 4.85. The smallest absolute Gasteiger partial charge is 0.149 e. The fourth-order valence-electron chi connectivity index (χ4n) is 3.24. The first-order valence-corrected chi connectivity index (χ1v) is 10.8. The topological polar surface area (TPSA) is 38.7 Å². The van der Waals surface area contributed by atoms with Crippen LogP contribution in [0, 0.1) is 0 Å². The molecule has 0 unspecified atom stereocenters. The predicted molar refractivity (Wildman–Crippen MR) is 105 cm³/mol. The monoisotopic (exact) mass is 358 g/mol. The summed E-state index contributed by atoms with van der Waals surface area (Å²) in [6.45, 7) is 0.824. The second kappa shape index (κ2) is 8.33. The Morgan fingerprint density at radius 2 is 1.24 bits per heavy atom. The van der Waals surface area contributed by atoms with Gasteiger partial charge >= 0.3 is 0 Å². The first-order chi connectivity index (χ1) is 12.1. The van der Waals surface area contributed by atoms with E-state index in [1.807, 2.05) is 60.7 Å². The zero-order valence-electron chi connectivity index (χ0n) is 14.6. The van der Waals surface area contributed by atoms with E-state index in [4.69, 9.17) is 9.05 Å². The molecule has 0 radical (unpaired) electrons. The SMILES string of the molecule is C=P(OCc1ccccc1)(OCc1ccccc1)C1(O)CCCCC1. The van der Waals surface area contributed by atoms with Crippen molar-refractivity contribution in [3.05, 3.63) is 71.8 Å². The zero-order chi connectivity index (χ0) is 17.6. The van der Waals surface area contributed by atoms with Crippen LogP contribution in [0.5, 0.6) is 0 Å². The molecule has 3 nitrogen and oxygen atoms in total. The average molecular weight is 358 g/mol. The molecule has 0 saturated heterocycles. The van der Waals surface area contributed by atoms with Gasteiger partial charge in [0.05, 0.1) is 13.2 Å². The molecule has 1 aliphatic carbocycles. The van der Waals surface area contributed by atoms with Crippen LogP contribution in [-0.2, 0) is 22.3 Å². The van der Waals surface area contributed by atoms with Gasteiger partial charge in [-0.15, -0.1) is 0 Å². The van der Waals surface area contributed by atoms with Crippen molar-refractivity contribution < 1.29 is 14.2 Å². The zero-order valence-corrected chi connectivity index (χ0v) is 15.5. The Morgan fingerprint density at radius 3 is 1.68 bits per heavy atom. The van der Waals surface area contributed by atoms with Crippen LogP contribution in [0.2, 0.25) is 0 Å². The second-order valence-corrected chi connectivity index (χ2v) is 9.43. The normalized spacial score (nSPS) is 17.3. The maximum Gasteiger partial charge on any atom is 0.149 e. The third-order valence-corrected chi connectivity index (χ3v) is 7.66. The first-order valence-electron chi connectivity index (χ1n) is 8.94. The Hall–Kier alpha value is -1.38. The third kappa shape index (κ3) is 4.62. The summed E-state index contributed by atoms with van der Waals surface area (Å²) in [5, 5.41) is 10.3. The molecular formula is C21H27O3P. The van der Waals surface area contributed by atoms with E-state index in [0.717, 1.165) is 30.4 Å². The minimum absolute atomic E-state index is 0.412. The second-order valence-electron chi connectivity index (χ2n) is 6.73. The summed E-state index contributed by atoms with van der Waals surface area (Å²) in [6, 6.07) is 20.0. The number of hydrogen-bond acceptors (Lipinski definition) is 3. The van der Waals surface area contributed by atoms with Crippen LogP contribution in [0.1, 0.15) is 43.2 Å². The lowest BCUT2D eigenvalue weighted by Crippen LogP contribution is -2.33. The van der Waals surface area contributed by atoms with Gasteiger partial charge in [-0.1, -0.05) is 79.9 Å². The van der Waals surface area contributed by atoms with E-state index < -0.39 is 12.7 Å². The molecule has 134 valence electrons. The van der Waals surface area contributed by atoms with Gasteiger partial charge in [-0.3, -0.25) is 0 Å². The van der Waals surface area contributed by atoms with Gasteiger partial charge in [-0.05, 0) is 30.3 Å². The quantitative estimate of drug-likeness (QED) is 0.678. The molecule has 4 heteroatoms. The molecule has 1 aliphatic rings. The van der Waals surface area contributed by atoms with E-state index in [2.05, 4.69) is 6.30 Å². The Kier molecular flexibility index (Phi) is 6.14. The number of benzene rings is 2. The van der Waals surface area contributed by atoms with Crippen molar-refractivity contribution in [1.29, 1.82) is 0 Å². The van der Waals surface area contributed by atoms with E-state index >= 15 is 0 Å². The van der Waals surface area contributed by atoms with Crippen molar-refractivity contribution in [2.45, 2.75) is 50.7 Å². The lowest BCUT2D eigenvalue weighted by Gasteiger charge is -2.42. The van der Waals surface area contributed by atoms with Crippen molar-refractivity contribution in [1.82, 2.24) is 0 Å². The van der Waals surface area contributed by atoms with E-state index in [-0.39, 0.29) is 0 Å². The first kappa shape index (κ1) is 18.4. The van der Waals surface area contributed by atoms with Gasteiger partial charge in [0.15, 0.2) is 0 Å². The lowest BCUT2D eigenvalue weighted by molar-refractivity contribution is 0.0487. The summed E-state index contributed by atoms with van der Waals surface area (Å²) in [6.07, 6.45) is 8.86. The minimum atomic E-state index is -2.68. The summed E-state index contributed by atoms with van der Waals surface area (Å²) in [5.41, 5.74) is 2.14. The fourth-order valence-corrected chi connectivity index (χ4v) is 5.51. The molecule has 0 bridgehead atoms. The maximum atomic E-state index is 11.3. The van der Waals surface area contributed by atoms with Crippen LogP contribution in [0.4, 0.5) is 0 Å². The molecule has 0 heterocycles. The highest BCUT2D eigenvalue weighted by molar-refractivity contribution is 7.65. The van der Waals surface area contributed by atoms with Gasteiger partial charge in [0.1, 0.15) is 12.7 Å². The van der Waals surface area contributed by atoms with Crippen LogP contribution < -0.4 is 0 Å². The number of aliphatic hydroxyl groups is 1. The Labute approximate surface area is 150 Å². The highest BCUT2D eigenvalue weighted by Gasteiger charge is 2.44. The molecule has 2 aromatic rings. The summed E-state index contributed by atoms with van der Waals surface area (Å²) >= 11 is 0. The molecule has 0 spiro atoms. The highest BCUT2D eigenvalue weighted by atomic mass is 31.2. The van der Waals surface area contributed by atoms with Crippen molar-refractivity contribution >= 4 is 13.6 Å². The standard InChI is InChI=1S/C21H27O3P/c1-25(21(22)15-9-4-10-16-21,23-17-19-11-5-2-6-12-19)24-18-20-13-7-3-8-14-20/h2-3,5-8,11-14,22H,1,4,9-10,15-18H2. The van der Waals surface area contributed by atoms with E-state index in [1.54, 1.807) is 0 Å². The maximum absolute atomic E-state index is 11.3. The van der Waals surface area contributed by atoms with Gasteiger partial charge in [-0.2, -0.15) is 0 Å². The van der Waals surface area contributed by atoms with Gasteiger partial charge in [0.2, 0.25) is 0 Å². The Balaban J connectivity index is 1.76. The van der Waals surface area contributed by atoms with Crippen LogP contribution in [0.25, 0.3) is 0 Å².